The number of hydrogen-bond donors (Lipinski definition) is 2. The second-order valence-corrected chi connectivity index (χ2v) is 4.41. The minimum Gasteiger partial charge on any atom is -0.330 e. The number of benzene rings is 1. The molecule has 0 aromatic heterocycles. The highest BCUT2D eigenvalue weighted by atomic mass is 16.2. The fraction of sp³-hybridized carbons (Fsp3) is 0.462. The van der Waals surface area contributed by atoms with Crippen LogP contribution in [0.2, 0.25) is 0 Å². The molecule has 1 aromatic rings. The zero-order chi connectivity index (χ0) is 12.3. The van der Waals surface area contributed by atoms with Crippen molar-refractivity contribution in [3.63, 3.8) is 0 Å². The molecule has 1 aromatic carbocycles. The average molecular weight is 233 g/mol. The Balaban J connectivity index is 1.98. The molecule has 17 heavy (non-hydrogen) atoms. The van der Waals surface area contributed by atoms with Crippen molar-refractivity contribution >= 4 is 11.6 Å². The summed E-state index contributed by atoms with van der Waals surface area (Å²) in [6.07, 6.45) is 1.52. The van der Waals surface area contributed by atoms with Gasteiger partial charge in [0.05, 0.1) is 6.42 Å². The van der Waals surface area contributed by atoms with Crippen molar-refractivity contribution in [3.8, 4) is 0 Å². The van der Waals surface area contributed by atoms with Gasteiger partial charge in [0.25, 0.3) is 0 Å². The average Bonchev–Trinajstić information content (AvgIpc) is 2.61. The molecule has 92 valence electrons. The van der Waals surface area contributed by atoms with Gasteiger partial charge in [0, 0.05) is 19.3 Å². The van der Waals surface area contributed by atoms with Crippen LogP contribution in [-0.4, -0.2) is 26.0 Å². The predicted octanol–water partition coefficient (Wildman–Crippen LogP) is 0.644. The molecule has 0 saturated heterocycles. The SMILES string of the molecule is CN1C(=O)Cc2cc(CNCCCN)ccc21. The zero-order valence-corrected chi connectivity index (χ0v) is 10.2. The molecule has 1 amide bonds. The first-order chi connectivity index (χ1) is 8.22. The Kier molecular flexibility index (Phi) is 3.76. The molecular weight excluding hydrogens is 214 g/mol. The van der Waals surface area contributed by atoms with E-state index in [1.807, 2.05) is 13.1 Å². The molecule has 2 rings (SSSR count). The number of nitrogens with two attached hydrogens (primary N) is 1. The Morgan fingerprint density at radius 2 is 2.29 bits per heavy atom. The summed E-state index contributed by atoms with van der Waals surface area (Å²) in [4.78, 5) is 13.3. The molecule has 0 radical (unpaired) electrons. The molecular formula is C13H19N3O. The van der Waals surface area contributed by atoms with Gasteiger partial charge in [-0.05, 0) is 36.7 Å². The molecule has 3 N–H and O–H groups in total. The monoisotopic (exact) mass is 233 g/mol. The van der Waals surface area contributed by atoms with Gasteiger partial charge >= 0.3 is 0 Å². The number of carbonyl (C=O) groups is 1. The third-order valence-electron chi connectivity index (χ3n) is 3.11. The van der Waals surface area contributed by atoms with Crippen LogP contribution in [0.4, 0.5) is 5.69 Å². The van der Waals surface area contributed by atoms with Gasteiger partial charge in [-0.2, -0.15) is 0 Å². The molecule has 4 heteroatoms. The second kappa shape index (κ2) is 5.29. The number of fused-ring (bicyclic) bond motifs is 1. The van der Waals surface area contributed by atoms with Crippen LogP contribution in [0.25, 0.3) is 0 Å². The number of nitrogens with one attached hydrogen (secondary N) is 1. The Bertz CT molecular complexity index is 417. The maximum atomic E-state index is 11.5. The summed E-state index contributed by atoms with van der Waals surface area (Å²) in [5.74, 6) is 0.174. The summed E-state index contributed by atoms with van der Waals surface area (Å²) < 4.78 is 0. The van der Waals surface area contributed by atoms with Crippen molar-refractivity contribution in [1.29, 1.82) is 0 Å². The Morgan fingerprint density at radius 1 is 1.47 bits per heavy atom. The maximum absolute atomic E-state index is 11.5. The Labute approximate surface area is 102 Å². The lowest BCUT2D eigenvalue weighted by Gasteiger charge is -2.10. The highest BCUT2D eigenvalue weighted by Gasteiger charge is 2.23. The van der Waals surface area contributed by atoms with Gasteiger partial charge in [-0.3, -0.25) is 4.79 Å². The molecule has 0 unspecified atom stereocenters. The van der Waals surface area contributed by atoms with Crippen LogP contribution in [-0.2, 0) is 17.8 Å². The van der Waals surface area contributed by atoms with Crippen molar-refractivity contribution in [1.82, 2.24) is 5.32 Å². The highest BCUT2D eigenvalue weighted by molar-refractivity contribution is 6.00. The van der Waals surface area contributed by atoms with E-state index in [4.69, 9.17) is 5.73 Å². The molecule has 0 atom stereocenters. The molecule has 1 aliphatic heterocycles. The van der Waals surface area contributed by atoms with E-state index in [2.05, 4.69) is 17.4 Å². The third kappa shape index (κ3) is 2.65. The van der Waals surface area contributed by atoms with Crippen LogP contribution < -0.4 is 16.0 Å². The van der Waals surface area contributed by atoms with Crippen LogP contribution in [0.5, 0.6) is 0 Å². The predicted molar refractivity (Wildman–Crippen MR) is 68.9 cm³/mol. The molecule has 0 bridgehead atoms. The smallest absolute Gasteiger partial charge is 0.231 e. The van der Waals surface area contributed by atoms with Gasteiger partial charge in [-0.1, -0.05) is 12.1 Å². The fourth-order valence-electron chi connectivity index (χ4n) is 2.09. The quantitative estimate of drug-likeness (QED) is 0.734. The number of likely N-dealkylation sites (N-methyl/N-ethyl adjacent to an activating group) is 1. The van der Waals surface area contributed by atoms with Crippen molar-refractivity contribution in [2.75, 3.05) is 25.0 Å². The van der Waals surface area contributed by atoms with E-state index < -0.39 is 0 Å². The van der Waals surface area contributed by atoms with Crippen molar-refractivity contribution < 1.29 is 4.79 Å². The number of anilines is 1. The van der Waals surface area contributed by atoms with Crippen LogP contribution in [0.15, 0.2) is 18.2 Å². The number of rotatable bonds is 5. The van der Waals surface area contributed by atoms with Crippen LogP contribution in [0.3, 0.4) is 0 Å². The summed E-state index contributed by atoms with van der Waals surface area (Å²) in [6, 6.07) is 6.22. The third-order valence-corrected chi connectivity index (χ3v) is 3.11. The summed E-state index contributed by atoms with van der Waals surface area (Å²) >= 11 is 0. The standard InChI is InChI=1S/C13H19N3O/c1-16-12-4-3-10(9-15-6-2-5-14)7-11(12)8-13(16)17/h3-4,7,15H,2,5-6,8-9,14H2,1H3. The lowest BCUT2D eigenvalue weighted by atomic mass is 10.1. The van der Waals surface area contributed by atoms with Gasteiger partial charge in [0.1, 0.15) is 0 Å². The first-order valence-corrected chi connectivity index (χ1v) is 6.01. The topological polar surface area (TPSA) is 58.4 Å². The summed E-state index contributed by atoms with van der Waals surface area (Å²) in [6.45, 7) is 2.49. The lowest BCUT2D eigenvalue weighted by molar-refractivity contribution is -0.117. The number of amides is 1. The first-order valence-electron chi connectivity index (χ1n) is 6.01. The van der Waals surface area contributed by atoms with E-state index in [9.17, 15) is 4.79 Å². The van der Waals surface area contributed by atoms with Gasteiger partial charge in [0.15, 0.2) is 0 Å². The van der Waals surface area contributed by atoms with Crippen molar-refractivity contribution in [2.24, 2.45) is 5.73 Å². The van der Waals surface area contributed by atoms with Gasteiger partial charge in [0.2, 0.25) is 5.91 Å². The minimum absolute atomic E-state index is 0.174. The summed E-state index contributed by atoms with van der Waals surface area (Å²) in [5, 5.41) is 3.34. The van der Waals surface area contributed by atoms with E-state index in [1.165, 1.54) is 5.56 Å². The molecule has 0 saturated carbocycles. The summed E-state index contributed by atoms with van der Waals surface area (Å²) in [5.41, 5.74) is 8.83. The van der Waals surface area contributed by atoms with Gasteiger partial charge in [-0.25, -0.2) is 0 Å². The minimum atomic E-state index is 0.174. The highest BCUT2D eigenvalue weighted by Crippen LogP contribution is 2.28. The first kappa shape index (κ1) is 12.1. The molecule has 0 aliphatic carbocycles. The van der Waals surface area contributed by atoms with Crippen LogP contribution in [0, 0.1) is 0 Å². The van der Waals surface area contributed by atoms with E-state index in [0.717, 1.165) is 37.3 Å². The Morgan fingerprint density at radius 3 is 3.06 bits per heavy atom. The number of nitrogens with zero attached hydrogens (tertiary/aromatic N) is 1. The van der Waals surface area contributed by atoms with Crippen molar-refractivity contribution in [3.05, 3.63) is 29.3 Å². The summed E-state index contributed by atoms with van der Waals surface area (Å²) in [7, 11) is 1.83. The van der Waals surface area contributed by atoms with E-state index in [1.54, 1.807) is 4.90 Å². The normalized spacial score (nSPS) is 14.2. The molecule has 0 fully saturated rings. The zero-order valence-electron chi connectivity index (χ0n) is 10.2. The number of carbonyl (C=O) groups excluding carboxylic acids is 1. The van der Waals surface area contributed by atoms with Crippen molar-refractivity contribution in [2.45, 2.75) is 19.4 Å². The van der Waals surface area contributed by atoms with Gasteiger partial charge < -0.3 is 16.0 Å². The molecule has 4 nitrogen and oxygen atoms in total. The lowest BCUT2D eigenvalue weighted by Crippen LogP contribution is -2.20. The van der Waals surface area contributed by atoms with Gasteiger partial charge in [-0.15, -0.1) is 0 Å². The molecule has 1 aliphatic rings. The molecule has 0 spiro atoms. The molecule has 1 heterocycles. The van der Waals surface area contributed by atoms with E-state index in [0.29, 0.717) is 6.42 Å². The maximum Gasteiger partial charge on any atom is 0.231 e. The Hall–Kier alpha value is -1.39. The van der Waals surface area contributed by atoms with E-state index >= 15 is 0 Å². The number of hydrogen-bond acceptors (Lipinski definition) is 3. The fourth-order valence-corrected chi connectivity index (χ4v) is 2.09. The van der Waals surface area contributed by atoms with Crippen LogP contribution in [0.1, 0.15) is 17.5 Å². The van der Waals surface area contributed by atoms with E-state index in [-0.39, 0.29) is 5.91 Å². The second-order valence-electron chi connectivity index (χ2n) is 4.41. The largest absolute Gasteiger partial charge is 0.330 e. The van der Waals surface area contributed by atoms with Crippen LogP contribution >= 0.6 is 0 Å².